The van der Waals surface area contributed by atoms with Gasteiger partial charge in [-0.1, -0.05) is 0 Å². The molecule has 0 bridgehead atoms. The van der Waals surface area contributed by atoms with Crippen molar-refractivity contribution >= 4 is 11.9 Å². The highest BCUT2D eigenvalue weighted by atomic mass is 16.5. The van der Waals surface area contributed by atoms with E-state index in [1.165, 1.54) is 0 Å². The van der Waals surface area contributed by atoms with Crippen molar-refractivity contribution in [2.24, 2.45) is 9.98 Å². The zero-order valence-electron chi connectivity index (χ0n) is 10.7. The highest BCUT2D eigenvalue weighted by molar-refractivity contribution is 5.96. The second-order valence-electron chi connectivity index (χ2n) is 4.16. The van der Waals surface area contributed by atoms with Crippen molar-refractivity contribution in [1.29, 1.82) is 0 Å². The van der Waals surface area contributed by atoms with Crippen molar-refractivity contribution in [3.8, 4) is 0 Å². The minimum absolute atomic E-state index is 0.452. The van der Waals surface area contributed by atoms with Crippen LogP contribution in [0.15, 0.2) is 9.98 Å². The minimum atomic E-state index is -0.452. The van der Waals surface area contributed by atoms with E-state index < -0.39 is 6.29 Å². The Labute approximate surface area is 96.2 Å². The van der Waals surface area contributed by atoms with Gasteiger partial charge in [0.1, 0.15) is 0 Å². The normalized spacial score (nSPS) is 20.8. The molecule has 0 spiro atoms. The van der Waals surface area contributed by atoms with Gasteiger partial charge in [-0.2, -0.15) is 10.1 Å². The molecule has 1 atom stereocenters. The molecule has 1 aliphatic rings. The summed E-state index contributed by atoms with van der Waals surface area (Å²) in [5.41, 5.74) is 0. The molecular formula is C9H20N6O. The second-order valence-corrected chi connectivity index (χ2v) is 4.16. The standard InChI is InChI=1S/C9H20N6O/c1-12(2)7-10-8(13(3)4)14(5)9(11-7)15(6)16/h9,16H,1-6H3. The Balaban J connectivity index is 3.07. The number of nitrogens with zero attached hydrogens (tertiary/aromatic N) is 6. The summed E-state index contributed by atoms with van der Waals surface area (Å²) in [7, 11) is 11.0. The van der Waals surface area contributed by atoms with Crippen LogP contribution in [0.1, 0.15) is 0 Å². The first-order valence-electron chi connectivity index (χ1n) is 5.00. The molecule has 16 heavy (non-hydrogen) atoms. The topological polar surface area (TPSA) is 57.9 Å². The molecule has 0 aromatic heterocycles. The van der Waals surface area contributed by atoms with Gasteiger partial charge in [-0.25, -0.2) is 4.99 Å². The molecule has 0 saturated carbocycles. The van der Waals surface area contributed by atoms with Gasteiger partial charge in [0, 0.05) is 42.3 Å². The van der Waals surface area contributed by atoms with Gasteiger partial charge in [-0.15, -0.1) is 0 Å². The summed E-state index contributed by atoms with van der Waals surface area (Å²) < 4.78 is 0. The first-order chi connectivity index (χ1) is 7.34. The minimum Gasteiger partial charge on any atom is -0.348 e. The molecule has 1 aliphatic heterocycles. The monoisotopic (exact) mass is 228 g/mol. The SMILES string of the molecule is CN(C)C1=NC(N(C)O)N(C)C(N(C)C)=N1. The van der Waals surface area contributed by atoms with E-state index in [4.69, 9.17) is 0 Å². The molecule has 0 fully saturated rings. The first-order valence-corrected chi connectivity index (χ1v) is 5.00. The van der Waals surface area contributed by atoms with E-state index in [0.717, 1.165) is 11.0 Å². The van der Waals surface area contributed by atoms with Crippen LogP contribution < -0.4 is 0 Å². The van der Waals surface area contributed by atoms with Gasteiger partial charge in [0.25, 0.3) is 0 Å². The lowest BCUT2D eigenvalue weighted by Crippen LogP contribution is -2.53. The Kier molecular flexibility index (Phi) is 3.71. The van der Waals surface area contributed by atoms with Crippen LogP contribution in [0, 0.1) is 0 Å². The highest BCUT2D eigenvalue weighted by Gasteiger charge is 2.27. The third kappa shape index (κ3) is 2.42. The molecular weight excluding hydrogens is 208 g/mol. The molecule has 0 radical (unpaired) electrons. The van der Waals surface area contributed by atoms with Gasteiger partial charge >= 0.3 is 0 Å². The van der Waals surface area contributed by atoms with Crippen LogP contribution in [0.5, 0.6) is 0 Å². The summed E-state index contributed by atoms with van der Waals surface area (Å²) in [6.45, 7) is 0. The van der Waals surface area contributed by atoms with Crippen molar-refractivity contribution < 1.29 is 5.21 Å². The molecule has 0 saturated heterocycles. The quantitative estimate of drug-likeness (QED) is 0.606. The van der Waals surface area contributed by atoms with E-state index in [9.17, 15) is 5.21 Å². The van der Waals surface area contributed by atoms with Crippen molar-refractivity contribution in [2.75, 3.05) is 42.3 Å². The molecule has 7 heteroatoms. The van der Waals surface area contributed by atoms with E-state index >= 15 is 0 Å². The number of hydrogen-bond acceptors (Lipinski definition) is 7. The molecule has 1 rings (SSSR count). The van der Waals surface area contributed by atoms with Crippen LogP contribution in [0.4, 0.5) is 0 Å². The third-order valence-electron chi connectivity index (χ3n) is 2.23. The van der Waals surface area contributed by atoms with Gasteiger partial charge in [0.2, 0.25) is 18.2 Å². The molecule has 0 aromatic carbocycles. The van der Waals surface area contributed by atoms with Crippen molar-refractivity contribution in [2.45, 2.75) is 6.29 Å². The van der Waals surface area contributed by atoms with E-state index in [1.807, 2.05) is 45.0 Å². The summed E-state index contributed by atoms with van der Waals surface area (Å²) in [5.74, 6) is 1.34. The number of hydrogen-bond donors (Lipinski definition) is 1. The summed E-state index contributed by atoms with van der Waals surface area (Å²) in [6, 6.07) is 0. The fraction of sp³-hybridized carbons (Fsp3) is 0.778. The van der Waals surface area contributed by atoms with E-state index in [0.29, 0.717) is 5.96 Å². The van der Waals surface area contributed by atoms with Crippen LogP contribution in [0.3, 0.4) is 0 Å². The van der Waals surface area contributed by atoms with E-state index in [-0.39, 0.29) is 0 Å². The third-order valence-corrected chi connectivity index (χ3v) is 2.23. The Morgan fingerprint density at radius 1 is 1.12 bits per heavy atom. The van der Waals surface area contributed by atoms with Crippen molar-refractivity contribution in [3.05, 3.63) is 0 Å². The van der Waals surface area contributed by atoms with Crippen LogP contribution in [-0.2, 0) is 0 Å². The van der Waals surface area contributed by atoms with Crippen LogP contribution in [0.2, 0.25) is 0 Å². The van der Waals surface area contributed by atoms with Gasteiger partial charge in [-0.05, 0) is 0 Å². The number of rotatable bonds is 1. The molecule has 7 nitrogen and oxygen atoms in total. The molecule has 0 amide bonds. The number of aliphatic imine (C=N–C) groups is 2. The molecule has 92 valence electrons. The Morgan fingerprint density at radius 3 is 2.06 bits per heavy atom. The second kappa shape index (κ2) is 4.67. The van der Waals surface area contributed by atoms with Crippen LogP contribution in [0.25, 0.3) is 0 Å². The lowest BCUT2D eigenvalue weighted by Gasteiger charge is -2.37. The van der Waals surface area contributed by atoms with E-state index in [1.54, 1.807) is 11.9 Å². The Bertz CT molecular complexity index is 309. The molecule has 0 aliphatic carbocycles. The van der Waals surface area contributed by atoms with Crippen molar-refractivity contribution in [1.82, 2.24) is 19.8 Å². The maximum Gasteiger partial charge on any atom is 0.226 e. The first kappa shape index (κ1) is 12.7. The van der Waals surface area contributed by atoms with Gasteiger partial charge < -0.3 is 19.9 Å². The summed E-state index contributed by atoms with van der Waals surface area (Å²) in [4.78, 5) is 14.2. The van der Waals surface area contributed by atoms with E-state index in [2.05, 4.69) is 9.98 Å². The largest absolute Gasteiger partial charge is 0.348 e. The lowest BCUT2D eigenvalue weighted by atomic mass is 10.5. The summed E-state index contributed by atoms with van der Waals surface area (Å²) in [5, 5.41) is 10.6. The predicted molar refractivity (Wildman–Crippen MR) is 63.3 cm³/mol. The zero-order valence-corrected chi connectivity index (χ0v) is 10.7. The lowest BCUT2D eigenvalue weighted by molar-refractivity contribution is -0.132. The molecule has 1 unspecified atom stereocenters. The Morgan fingerprint density at radius 2 is 1.69 bits per heavy atom. The predicted octanol–water partition coefficient (Wildman–Crippen LogP) is -0.628. The average molecular weight is 228 g/mol. The summed E-state index contributed by atoms with van der Waals surface area (Å²) >= 11 is 0. The molecule has 1 heterocycles. The van der Waals surface area contributed by atoms with Gasteiger partial charge in [-0.3, -0.25) is 0 Å². The maximum atomic E-state index is 9.54. The molecule has 0 aromatic rings. The average Bonchev–Trinajstić information content (AvgIpc) is 2.16. The van der Waals surface area contributed by atoms with Gasteiger partial charge in [0.15, 0.2) is 0 Å². The number of guanidine groups is 2. The smallest absolute Gasteiger partial charge is 0.226 e. The fourth-order valence-corrected chi connectivity index (χ4v) is 1.46. The maximum absolute atomic E-state index is 9.54. The Hall–Kier alpha value is -1.34. The number of hydroxylamine groups is 2. The van der Waals surface area contributed by atoms with Crippen LogP contribution >= 0.6 is 0 Å². The van der Waals surface area contributed by atoms with Gasteiger partial charge in [0.05, 0.1) is 0 Å². The fourth-order valence-electron chi connectivity index (χ4n) is 1.46. The summed E-state index contributed by atoms with van der Waals surface area (Å²) in [6.07, 6.45) is -0.452. The van der Waals surface area contributed by atoms with Crippen LogP contribution in [-0.4, -0.2) is 85.5 Å². The van der Waals surface area contributed by atoms with Crippen molar-refractivity contribution in [3.63, 3.8) is 0 Å². The zero-order chi connectivity index (χ0) is 12.5. The highest BCUT2D eigenvalue weighted by Crippen LogP contribution is 2.11. The molecule has 1 N–H and O–H groups in total.